The lowest BCUT2D eigenvalue weighted by molar-refractivity contribution is -0.0877. The van der Waals surface area contributed by atoms with Gasteiger partial charge in [-0.25, -0.2) is 0 Å². The van der Waals surface area contributed by atoms with Crippen molar-refractivity contribution in [3.63, 3.8) is 0 Å². The first-order valence-electron chi connectivity index (χ1n) is 12.1. The molecule has 8 heteroatoms. The zero-order chi connectivity index (χ0) is 22.9. The molecule has 0 bridgehead atoms. The number of nitrogens with zero attached hydrogens (tertiary/aromatic N) is 4. The van der Waals surface area contributed by atoms with E-state index >= 15 is 0 Å². The summed E-state index contributed by atoms with van der Waals surface area (Å²) >= 11 is 6.12. The number of H-pyrrole nitrogens is 1. The minimum Gasteiger partial charge on any atom is -0.369 e. The SMILES string of the molecule is Cc1cc([C@H]2CN(C3CCC(c4cc(C)n(C)n4)CC3)[C@@H](Cc3ccc(Cl)cc3)CO2)[nH]n1.Cl. The molecule has 0 amide bonds. The number of ether oxygens (including phenoxy) is 1. The molecule has 1 aromatic carbocycles. The van der Waals surface area contributed by atoms with Gasteiger partial charge in [0.15, 0.2) is 0 Å². The lowest BCUT2D eigenvalue weighted by atomic mass is 9.82. The number of halogens is 2. The van der Waals surface area contributed by atoms with E-state index in [9.17, 15) is 0 Å². The Kier molecular flexibility index (Phi) is 8.03. The van der Waals surface area contributed by atoms with Crippen LogP contribution >= 0.6 is 24.0 Å². The number of aromatic nitrogens is 4. The van der Waals surface area contributed by atoms with E-state index in [2.05, 4.69) is 46.3 Å². The molecule has 3 aromatic rings. The van der Waals surface area contributed by atoms with E-state index in [0.29, 0.717) is 18.0 Å². The highest BCUT2D eigenvalue weighted by Gasteiger charge is 2.37. The van der Waals surface area contributed by atoms with Crippen molar-refractivity contribution < 1.29 is 4.74 Å². The fourth-order valence-corrected chi connectivity index (χ4v) is 5.64. The number of morpholine rings is 1. The highest BCUT2D eigenvalue weighted by Crippen LogP contribution is 2.37. The smallest absolute Gasteiger partial charge is 0.112 e. The van der Waals surface area contributed by atoms with Gasteiger partial charge in [-0.1, -0.05) is 23.7 Å². The van der Waals surface area contributed by atoms with Crippen LogP contribution in [0.1, 0.15) is 66.0 Å². The van der Waals surface area contributed by atoms with E-state index < -0.39 is 0 Å². The monoisotopic (exact) mass is 503 g/mol. The zero-order valence-electron chi connectivity index (χ0n) is 20.2. The third-order valence-electron chi connectivity index (χ3n) is 7.51. The molecule has 2 atom stereocenters. The van der Waals surface area contributed by atoms with E-state index in [-0.39, 0.29) is 18.5 Å². The Bertz CT molecular complexity index is 1050. The second-order valence-electron chi connectivity index (χ2n) is 9.81. The number of hydrogen-bond acceptors (Lipinski definition) is 4. The maximum Gasteiger partial charge on any atom is 0.112 e. The summed E-state index contributed by atoms with van der Waals surface area (Å²) in [5.74, 6) is 0.572. The summed E-state index contributed by atoms with van der Waals surface area (Å²) in [4.78, 5) is 2.72. The van der Waals surface area contributed by atoms with Gasteiger partial charge in [0.05, 0.1) is 23.7 Å². The van der Waals surface area contributed by atoms with Crippen molar-refractivity contribution in [3.8, 4) is 0 Å². The Labute approximate surface area is 213 Å². The predicted octanol–water partition coefficient (Wildman–Crippen LogP) is 5.55. The van der Waals surface area contributed by atoms with Crippen LogP contribution < -0.4 is 0 Å². The Morgan fingerprint density at radius 3 is 2.44 bits per heavy atom. The molecular weight excluding hydrogens is 469 g/mol. The highest BCUT2D eigenvalue weighted by molar-refractivity contribution is 6.30. The molecule has 1 aliphatic carbocycles. The van der Waals surface area contributed by atoms with E-state index in [1.165, 1.54) is 42.6 Å². The second-order valence-corrected chi connectivity index (χ2v) is 10.2. The van der Waals surface area contributed by atoms with Gasteiger partial charge in [-0.05, 0) is 75.8 Å². The van der Waals surface area contributed by atoms with E-state index in [0.717, 1.165) is 36.0 Å². The van der Waals surface area contributed by atoms with Crippen LogP contribution in [0.3, 0.4) is 0 Å². The van der Waals surface area contributed by atoms with Crippen molar-refractivity contribution >= 4 is 24.0 Å². The van der Waals surface area contributed by atoms with Gasteiger partial charge in [0.2, 0.25) is 0 Å². The van der Waals surface area contributed by atoms with Gasteiger partial charge in [-0.2, -0.15) is 10.2 Å². The lowest BCUT2D eigenvalue weighted by Crippen LogP contribution is -2.53. The Morgan fingerprint density at radius 1 is 1.09 bits per heavy atom. The molecule has 2 aliphatic rings. The number of benzene rings is 1. The quantitative estimate of drug-likeness (QED) is 0.495. The topological polar surface area (TPSA) is 59.0 Å². The molecule has 1 saturated heterocycles. The maximum absolute atomic E-state index is 6.36. The summed E-state index contributed by atoms with van der Waals surface area (Å²) in [5.41, 5.74) is 5.90. The first-order chi connectivity index (χ1) is 16.0. The van der Waals surface area contributed by atoms with Crippen LogP contribution in [0.15, 0.2) is 36.4 Å². The molecule has 34 heavy (non-hydrogen) atoms. The van der Waals surface area contributed by atoms with Crippen LogP contribution in [0.5, 0.6) is 0 Å². The summed E-state index contributed by atoms with van der Waals surface area (Å²) < 4.78 is 8.36. The second kappa shape index (κ2) is 10.8. The first kappa shape index (κ1) is 25.2. The van der Waals surface area contributed by atoms with Gasteiger partial charge in [-0.3, -0.25) is 14.7 Å². The normalized spacial score (nSPS) is 25.8. The van der Waals surface area contributed by atoms with Crippen LogP contribution in [-0.4, -0.2) is 50.1 Å². The van der Waals surface area contributed by atoms with E-state index in [1.54, 1.807) is 0 Å². The summed E-state index contributed by atoms with van der Waals surface area (Å²) in [6.07, 6.45) is 5.81. The Morgan fingerprint density at radius 2 is 1.82 bits per heavy atom. The molecule has 5 rings (SSSR count). The molecule has 0 radical (unpaired) electrons. The zero-order valence-corrected chi connectivity index (χ0v) is 21.8. The van der Waals surface area contributed by atoms with Crippen LogP contribution in [0.25, 0.3) is 0 Å². The van der Waals surface area contributed by atoms with Crippen molar-refractivity contribution in [1.82, 2.24) is 24.9 Å². The van der Waals surface area contributed by atoms with Crippen molar-refractivity contribution in [2.75, 3.05) is 13.2 Å². The third kappa shape index (κ3) is 5.51. The molecule has 0 spiro atoms. The van der Waals surface area contributed by atoms with Gasteiger partial charge in [0.25, 0.3) is 0 Å². The van der Waals surface area contributed by atoms with Gasteiger partial charge < -0.3 is 4.74 Å². The van der Waals surface area contributed by atoms with Crippen LogP contribution in [0.4, 0.5) is 0 Å². The molecule has 0 unspecified atom stereocenters. The van der Waals surface area contributed by atoms with Gasteiger partial charge in [0.1, 0.15) is 6.10 Å². The van der Waals surface area contributed by atoms with Crippen LogP contribution in [0, 0.1) is 13.8 Å². The number of aromatic amines is 1. The van der Waals surface area contributed by atoms with Crippen molar-refractivity contribution in [2.24, 2.45) is 7.05 Å². The molecule has 3 heterocycles. The van der Waals surface area contributed by atoms with E-state index in [4.69, 9.17) is 21.4 Å². The highest BCUT2D eigenvalue weighted by atomic mass is 35.5. The fourth-order valence-electron chi connectivity index (χ4n) is 5.52. The minimum atomic E-state index is 0. The van der Waals surface area contributed by atoms with Gasteiger partial charge >= 0.3 is 0 Å². The number of nitrogens with one attached hydrogen (secondary N) is 1. The third-order valence-corrected chi connectivity index (χ3v) is 7.76. The average molecular weight is 505 g/mol. The molecule has 1 saturated carbocycles. The van der Waals surface area contributed by atoms with Crippen molar-refractivity contribution in [3.05, 3.63) is 69.8 Å². The Balaban J connectivity index is 0.00000274. The standard InChI is InChI=1S/C26H34ClN5O.ClH/c1-17-12-25(29-28-17)26-15-32(23(16-33-26)14-19-4-8-21(27)9-5-19)22-10-6-20(7-11-22)24-13-18(2)31(3)30-24;/h4-5,8-9,12-13,20,22-23,26H,6-7,10-11,14-16H2,1-3H3,(H,28,29);1H/t20?,22?,23-,26+;/m0./s1. The van der Waals surface area contributed by atoms with Crippen molar-refractivity contribution in [2.45, 2.75) is 70.1 Å². The maximum atomic E-state index is 6.36. The summed E-state index contributed by atoms with van der Waals surface area (Å²) in [7, 11) is 2.04. The number of aryl methyl sites for hydroxylation is 3. The lowest BCUT2D eigenvalue weighted by Gasteiger charge is -2.46. The Hall–Kier alpha value is -1.86. The number of hydrogen-bond donors (Lipinski definition) is 1. The van der Waals surface area contributed by atoms with Crippen LogP contribution in [0.2, 0.25) is 5.02 Å². The molecule has 1 N–H and O–H groups in total. The molecule has 2 fully saturated rings. The van der Waals surface area contributed by atoms with Crippen LogP contribution in [-0.2, 0) is 18.2 Å². The van der Waals surface area contributed by atoms with E-state index in [1.807, 2.05) is 30.8 Å². The minimum absolute atomic E-state index is 0. The summed E-state index contributed by atoms with van der Waals surface area (Å²) in [5, 5.41) is 13.1. The molecule has 2 aromatic heterocycles. The van der Waals surface area contributed by atoms with Gasteiger partial charge in [-0.15, -0.1) is 12.4 Å². The first-order valence-corrected chi connectivity index (χ1v) is 12.5. The van der Waals surface area contributed by atoms with Crippen molar-refractivity contribution in [1.29, 1.82) is 0 Å². The molecule has 184 valence electrons. The molecule has 1 aliphatic heterocycles. The summed E-state index contributed by atoms with van der Waals surface area (Å²) in [6.45, 7) is 5.78. The fraction of sp³-hybridized carbons (Fsp3) is 0.538. The summed E-state index contributed by atoms with van der Waals surface area (Å²) in [6, 6.07) is 13.6. The molecular formula is C26H35Cl2N5O. The largest absolute Gasteiger partial charge is 0.369 e. The average Bonchev–Trinajstić information content (AvgIpc) is 3.41. The van der Waals surface area contributed by atoms with Gasteiger partial charge in [0, 0.05) is 42.3 Å². The molecule has 6 nitrogen and oxygen atoms in total. The predicted molar refractivity (Wildman–Crippen MR) is 138 cm³/mol. The number of rotatable bonds is 5.